The zero-order valence-corrected chi connectivity index (χ0v) is 10.5. The number of nitrogens with zero attached hydrogens (tertiary/aromatic N) is 1. The number of carbonyl (C=O) groups is 1. The van der Waals surface area contributed by atoms with E-state index in [4.69, 9.17) is 15.7 Å². The van der Waals surface area contributed by atoms with Gasteiger partial charge in [-0.2, -0.15) is 5.26 Å². The van der Waals surface area contributed by atoms with Crippen LogP contribution in [0.15, 0.2) is 17.0 Å². The molecule has 0 saturated carbocycles. The van der Waals surface area contributed by atoms with Crippen LogP contribution in [-0.2, 0) is 22.5 Å². The van der Waals surface area contributed by atoms with Crippen LogP contribution in [0, 0.1) is 11.3 Å². The molecule has 0 amide bonds. The van der Waals surface area contributed by atoms with Gasteiger partial charge in [-0.05, 0) is 24.1 Å². The number of hydrogen-bond donors (Lipinski definition) is 2. The number of nitriles is 1. The van der Waals surface area contributed by atoms with Gasteiger partial charge in [0, 0.05) is 11.4 Å². The maximum atomic E-state index is 11.4. The van der Waals surface area contributed by atoms with E-state index >= 15 is 0 Å². The smallest absolute Gasteiger partial charge is 0.310 e. The molecular formula is C12H14N2O2S. The molecule has 0 unspecified atom stereocenters. The first kappa shape index (κ1) is 13.6. The molecule has 0 saturated heterocycles. The summed E-state index contributed by atoms with van der Waals surface area (Å²) in [6.45, 7) is 2.29. The van der Waals surface area contributed by atoms with E-state index in [0.717, 1.165) is 5.56 Å². The molecule has 0 bridgehead atoms. The summed E-state index contributed by atoms with van der Waals surface area (Å²) in [7, 11) is 0. The summed E-state index contributed by atoms with van der Waals surface area (Å²) in [5, 5.41) is 9.02. The molecule has 5 heteroatoms. The molecular weight excluding hydrogens is 236 g/mol. The highest BCUT2D eigenvalue weighted by Gasteiger charge is 2.13. The van der Waals surface area contributed by atoms with E-state index in [-0.39, 0.29) is 18.9 Å². The van der Waals surface area contributed by atoms with Gasteiger partial charge in [-0.25, -0.2) is 0 Å². The Morgan fingerprint density at radius 3 is 2.82 bits per heavy atom. The number of carbonyl (C=O) groups excluding carboxylic acids is 1. The predicted octanol–water partition coefficient (Wildman–Crippen LogP) is 1.41. The first-order valence-corrected chi connectivity index (χ1v) is 5.68. The second kappa shape index (κ2) is 6.28. The van der Waals surface area contributed by atoms with Crippen LogP contribution < -0.4 is 5.73 Å². The van der Waals surface area contributed by atoms with Gasteiger partial charge in [0.25, 0.3) is 0 Å². The highest BCUT2D eigenvalue weighted by atomic mass is 32.1. The zero-order valence-electron chi connectivity index (χ0n) is 9.56. The molecule has 17 heavy (non-hydrogen) atoms. The quantitative estimate of drug-likeness (QED) is 0.626. The van der Waals surface area contributed by atoms with E-state index in [2.05, 4.69) is 18.7 Å². The van der Waals surface area contributed by atoms with Crippen molar-refractivity contribution >= 4 is 18.6 Å². The second-order valence-corrected chi connectivity index (χ2v) is 3.88. The van der Waals surface area contributed by atoms with Crippen LogP contribution in [0.5, 0.6) is 0 Å². The minimum Gasteiger partial charge on any atom is -0.466 e. The Labute approximate surface area is 106 Å². The molecule has 0 atom stereocenters. The predicted molar refractivity (Wildman–Crippen MR) is 66.6 cm³/mol. The Kier molecular flexibility index (Phi) is 5.01. The number of hydrogen-bond acceptors (Lipinski definition) is 5. The monoisotopic (exact) mass is 250 g/mol. The Morgan fingerprint density at radius 1 is 1.59 bits per heavy atom. The Morgan fingerprint density at radius 2 is 2.29 bits per heavy atom. The summed E-state index contributed by atoms with van der Waals surface area (Å²) in [5.74, 6) is -0.321. The topological polar surface area (TPSA) is 76.1 Å². The van der Waals surface area contributed by atoms with Crippen LogP contribution in [0.3, 0.4) is 0 Å². The molecule has 0 heterocycles. The van der Waals surface area contributed by atoms with Crippen LogP contribution >= 0.6 is 12.6 Å². The number of esters is 1. The minimum absolute atomic E-state index is 0.128. The van der Waals surface area contributed by atoms with Gasteiger partial charge in [-0.15, -0.1) is 12.6 Å². The average molecular weight is 250 g/mol. The third kappa shape index (κ3) is 3.22. The van der Waals surface area contributed by atoms with Crippen molar-refractivity contribution in [2.45, 2.75) is 24.8 Å². The fourth-order valence-corrected chi connectivity index (χ4v) is 1.83. The van der Waals surface area contributed by atoms with E-state index in [9.17, 15) is 4.79 Å². The molecule has 0 radical (unpaired) electrons. The van der Waals surface area contributed by atoms with E-state index in [1.54, 1.807) is 19.1 Å². The van der Waals surface area contributed by atoms with Crippen molar-refractivity contribution in [2.24, 2.45) is 5.73 Å². The lowest BCUT2D eigenvalue weighted by Gasteiger charge is -2.10. The number of rotatable bonds is 4. The zero-order chi connectivity index (χ0) is 12.8. The van der Waals surface area contributed by atoms with Gasteiger partial charge in [0.15, 0.2) is 0 Å². The lowest BCUT2D eigenvalue weighted by atomic mass is 9.99. The molecule has 4 nitrogen and oxygen atoms in total. The largest absolute Gasteiger partial charge is 0.466 e. The standard InChI is InChI=1S/C12H14N2O2S/c1-2-16-12(15)5-8-3-4-11(17)10(7-14)9(8)6-13/h3-4,17H,2,5-6,13H2,1H3. The van der Waals surface area contributed by atoms with Crippen LogP contribution in [-0.4, -0.2) is 12.6 Å². The van der Waals surface area contributed by atoms with Gasteiger partial charge < -0.3 is 10.5 Å². The van der Waals surface area contributed by atoms with Crippen LogP contribution in [0.1, 0.15) is 23.6 Å². The number of ether oxygens (including phenoxy) is 1. The maximum absolute atomic E-state index is 11.4. The molecule has 1 rings (SSSR count). The molecule has 90 valence electrons. The third-order valence-corrected chi connectivity index (χ3v) is 2.72. The first-order valence-electron chi connectivity index (χ1n) is 5.23. The van der Waals surface area contributed by atoms with Crippen molar-refractivity contribution in [2.75, 3.05) is 6.61 Å². The lowest BCUT2D eigenvalue weighted by Crippen LogP contribution is -2.12. The van der Waals surface area contributed by atoms with Crippen molar-refractivity contribution in [3.05, 3.63) is 28.8 Å². The van der Waals surface area contributed by atoms with Crippen molar-refractivity contribution in [1.82, 2.24) is 0 Å². The number of nitrogens with two attached hydrogens (primary N) is 1. The third-order valence-electron chi connectivity index (χ3n) is 2.34. The molecule has 0 fully saturated rings. The summed E-state index contributed by atoms with van der Waals surface area (Å²) in [4.78, 5) is 12.0. The maximum Gasteiger partial charge on any atom is 0.310 e. The normalized spacial score (nSPS) is 9.76. The Balaban J connectivity index is 3.09. The van der Waals surface area contributed by atoms with E-state index in [1.807, 2.05) is 0 Å². The lowest BCUT2D eigenvalue weighted by molar-refractivity contribution is -0.142. The summed E-state index contributed by atoms with van der Waals surface area (Å²) in [5.41, 5.74) is 7.42. The molecule has 1 aromatic carbocycles. The van der Waals surface area contributed by atoms with Gasteiger partial charge in [-0.1, -0.05) is 6.07 Å². The van der Waals surface area contributed by atoms with Gasteiger partial charge in [0.1, 0.15) is 6.07 Å². The first-order chi connectivity index (χ1) is 8.13. The number of benzene rings is 1. The Bertz CT molecular complexity index is 466. The summed E-state index contributed by atoms with van der Waals surface area (Å²) >= 11 is 4.19. The second-order valence-electron chi connectivity index (χ2n) is 3.40. The van der Waals surface area contributed by atoms with Crippen molar-refractivity contribution in [3.8, 4) is 6.07 Å². The average Bonchev–Trinajstić information content (AvgIpc) is 2.31. The van der Waals surface area contributed by atoms with Crippen LogP contribution in [0.4, 0.5) is 0 Å². The number of thiol groups is 1. The van der Waals surface area contributed by atoms with Gasteiger partial charge in [0.05, 0.1) is 18.6 Å². The van der Waals surface area contributed by atoms with Crippen LogP contribution in [0.2, 0.25) is 0 Å². The van der Waals surface area contributed by atoms with Gasteiger partial charge in [0.2, 0.25) is 0 Å². The molecule has 0 spiro atoms. The molecule has 1 aromatic rings. The summed E-state index contributed by atoms with van der Waals surface area (Å²) in [6.07, 6.45) is 0.128. The van der Waals surface area contributed by atoms with E-state index < -0.39 is 0 Å². The summed E-state index contributed by atoms with van der Waals surface area (Å²) < 4.78 is 4.87. The van der Waals surface area contributed by atoms with Gasteiger partial charge >= 0.3 is 5.97 Å². The SMILES string of the molecule is CCOC(=O)Cc1ccc(S)c(C#N)c1CN. The molecule has 2 N–H and O–H groups in total. The fraction of sp³-hybridized carbons (Fsp3) is 0.333. The minimum atomic E-state index is -0.321. The van der Waals surface area contributed by atoms with Crippen LogP contribution in [0.25, 0.3) is 0 Å². The van der Waals surface area contributed by atoms with Crippen molar-refractivity contribution in [3.63, 3.8) is 0 Å². The highest BCUT2D eigenvalue weighted by Crippen LogP contribution is 2.22. The Hall–Kier alpha value is -1.51. The van der Waals surface area contributed by atoms with Crippen molar-refractivity contribution < 1.29 is 9.53 Å². The molecule has 0 aliphatic rings. The molecule has 0 aromatic heterocycles. The fourth-order valence-electron chi connectivity index (χ4n) is 1.57. The highest BCUT2D eigenvalue weighted by molar-refractivity contribution is 7.80. The van der Waals surface area contributed by atoms with E-state index in [0.29, 0.717) is 22.6 Å². The molecule has 0 aliphatic carbocycles. The van der Waals surface area contributed by atoms with Gasteiger partial charge in [-0.3, -0.25) is 4.79 Å². The van der Waals surface area contributed by atoms with E-state index in [1.165, 1.54) is 0 Å². The van der Waals surface area contributed by atoms with Crippen molar-refractivity contribution in [1.29, 1.82) is 5.26 Å². The summed E-state index contributed by atoms with van der Waals surface area (Å²) in [6, 6.07) is 5.49. The molecule has 0 aliphatic heterocycles.